The van der Waals surface area contributed by atoms with Crippen LogP contribution < -0.4 is 9.64 Å². The van der Waals surface area contributed by atoms with Crippen LogP contribution in [0.2, 0.25) is 0 Å². The fourth-order valence-corrected chi connectivity index (χ4v) is 4.31. The number of ether oxygens (including phenoxy) is 1. The van der Waals surface area contributed by atoms with Crippen LogP contribution >= 0.6 is 0 Å². The van der Waals surface area contributed by atoms with Gasteiger partial charge >= 0.3 is 0 Å². The first-order chi connectivity index (χ1) is 14.5. The number of hydrogen-bond donors (Lipinski definition) is 0. The van der Waals surface area contributed by atoms with Crippen LogP contribution in [0, 0.1) is 6.92 Å². The number of nitrogens with zero attached hydrogens (tertiary/aromatic N) is 4. The molecule has 1 amide bonds. The van der Waals surface area contributed by atoms with Crippen molar-refractivity contribution >= 4 is 11.6 Å². The van der Waals surface area contributed by atoms with Gasteiger partial charge in [0.25, 0.3) is 0 Å². The number of aromatic nitrogens is 3. The number of carbonyl (C=O) groups excluding carboxylic acids is 1. The Labute approximate surface area is 176 Å². The van der Waals surface area contributed by atoms with Gasteiger partial charge in [-0.2, -0.15) is 5.10 Å². The molecular weight excluding hydrogens is 376 g/mol. The SMILES string of the molecule is CC(=O)N1c2ccc(-c3cnn(C4CC4)c3)c(Oc3cc(C)ccn3)c2CC[C@@H]1C. The molecule has 1 aromatic carbocycles. The molecule has 6 heteroatoms. The molecule has 3 heterocycles. The van der Waals surface area contributed by atoms with Gasteiger partial charge in [-0.25, -0.2) is 4.98 Å². The highest BCUT2D eigenvalue weighted by Crippen LogP contribution is 2.45. The standard InChI is InChI=1S/C24H26N4O2/c1-15-10-11-25-23(12-15)30-24-20(18-13-26-27(14-18)19-5-6-19)8-9-22-21(24)7-4-16(2)28(22)17(3)29/h8-14,16,19H,4-7H2,1-3H3/t16-/m0/s1. The number of hydrogen-bond acceptors (Lipinski definition) is 4. The number of fused-ring (bicyclic) bond motifs is 1. The first kappa shape index (κ1) is 18.9. The van der Waals surface area contributed by atoms with Crippen molar-refractivity contribution in [2.24, 2.45) is 0 Å². The van der Waals surface area contributed by atoms with Gasteiger partial charge in [0, 0.05) is 48.1 Å². The Morgan fingerprint density at radius 2 is 2.03 bits per heavy atom. The molecule has 1 saturated carbocycles. The smallest absolute Gasteiger partial charge is 0.224 e. The second-order valence-electron chi connectivity index (χ2n) is 8.43. The molecule has 0 unspecified atom stereocenters. The van der Waals surface area contributed by atoms with E-state index in [1.807, 2.05) is 47.0 Å². The summed E-state index contributed by atoms with van der Waals surface area (Å²) in [6.07, 6.45) is 9.89. The lowest BCUT2D eigenvalue weighted by Gasteiger charge is -2.35. The average molecular weight is 402 g/mol. The molecule has 154 valence electrons. The summed E-state index contributed by atoms with van der Waals surface area (Å²) in [4.78, 5) is 18.7. The molecule has 1 atom stereocenters. The molecule has 2 aromatic heterocycles. The van der Waals surface area contributed by atoms with Gasteiger partial charge in [0.1, 0.15) is 5.75 Å². The van der Waals surface area contributed by atoms with Crippen molar-refractivity contribution in [2.75, 3.05) is 4.90 Å². The van der Waals surface area contributed by atoms with E-state index in [9.17, 15) is 4.79 Å². The third kappa shape index (κ3) is 3.36. The van der Waals surface area contributed by atoms with Crippen molar-refractivity contribution in [3.05, 3.63) is 54.0 Å². The molecule has 0 saturated heterocycles. The Bertz CT molecular complexity index is 1120. The zero-order chi connectivity index (χ0) is 20.8. The number of rotatable bonds is 4. The van der Waals surface area contributed by atoms with Gasteiger partial charge in [-0.15, -0.1) is 0 Å². The number of carbonyl (C=O) groups is 1. The highest BCUT2D eigenvalue weighted by molar-refractivity contribution is 5.95. The Balaban J connectivity index is 1.65. The average Bonchev–Trinajstić information content (AvgIpc) is 3.45. The molecule has 0 radical (unpaired) electrons. The van der Waals surface area contributed by atoms with Gasteiger partial charge in [0.05, 0.1) is 17.9 Å². The third-order valence-electron chi connectivity index (χ3n) is 6.02. The topological polar surface area (TPSA) is 60.2 Å². The number of pyridine rings is 1. The van der Waals surface area contributed by atoms with Crippen molar-refractivity contribution in [1.29, 1.82) is 0 Å². The molecule has 2 aliphatic rings. The van der Waals surface area contributed by atoms with Crippen LogP contribution in [0.25, 0.3) is 11.1 Å². The van der Waals surface area contributed by atoms with E-state index in [0.29, 0.717) is 11.9 Å². The largest absolute Gasteiger partial charge is 0.438 e. The van der Waals surface area contributed by atoms with E-state index in [2.05, 4.69) is 23.2 Å². The molecular formula is C24H26N4O2. The molecule has 1 fully saturated rings. The molecule has 6 nitrogen and oxygen atoms in total. The van der Waals surface area contributed by atoms with Gasteiger partial charge in [0.2, 0.25) is 11.8 Å². The maximum Gasteiger partial charge on any atom is 0.224 e. The van der Waals surface area contributed by atoms with Crippen molar-refractivity contribution in [1.82, 2.24) is 14.8 Å². The first-order valence-corrected chi connectivity index (χ1v) is 10.6. The van der Waals surface area contributed by atoms with Crippen molar-refractivity contribution in [2.45, 2.75) is 58.5 Å². The van der Waals surface area contributed by atoms with E-state index in [-0.39, 0.29) is 11.9 Å². The maximum absolute atomic E-state index is 12.4. The van der Waals surface area contributed by atoms with Crippen molar-refractivity contribution < 1.29 is 9.53 Å². The second-order valence-corrected chi connectivity index (χ2v) is 8.43. The predicted octanol–water partition coefficient (Wildman–Crippen LogP) is 5.07. The van der Waals surface area contributed by atoms with Crippen molar-refractivity contribution in [3.8, 4) is 22.8 Å². The molecule has 30 heavy (non-hydrogen) atoms. The van der Waals surface area contributed by atoms with Gasteiger partial charge in [-0.3, -0.25) is 9.48 Å². The van der Waals surface area contributed by atoms with Crippen LogP contribution in [0.5, 0.6) is 11.6 Å². The minimum Gasteiger partial charge on any atom is -0.438 e. The van der Waals surface area contributed by atoms with Crippen LogP contribution in [0.3, 0.4) is 0 Å². The van der Waals surface area contributed by atoms with E-state index in [1.54, 1.807) is 13.1 Å². The molecule has 1 aliphatic carbocycles. The summed E-state index contributed by atoms with van der Waals surface area (Å²) in [6, 6.07) is 8.67. The van der Waals surface area contributed by atoms with E-state index in [0.717, 1.165) is 46.5 Å². The summed E-state index contributed by atoms with van der Waals surface area (Å²) >= 11 is 0. The summed E-state index contributed by atoms with van der Waals surface area (Å²) in [5.74, 6) is 1.39. The lowest BCUT2D eigenvalue weighted by Crippen LogP contribution is -2.40. The fourth-order valence-electron chi connectivity index (χ4n) is 4.31. The minimum atomic E-state index is 0.0531. The molecule has 1 aliphatic heterocycles. The minimum absolute atomic E-state index is 0.0531. The first-order valence-electron chi connectivity index (χ1n) is 10.6. The predicted molar refractivity (Wildman–Crippen MR) is 116 cm³/mol. The van der Waals surface area contributed by atoms with Crippen molar-refractivity contribution in [3.63, 3.8) is 0 Å². The van der Waals surface area contributed by atoms with Crippen LogP contribution in [0.15, 0.2) is 42.9 Å². The van der Waals surface area contributed by atoms with Gasteiger partial charge in [-0.05, 0) is 63.3 Å². The zero-order valence-electron chi connectivity index (χ0n) is 17.6. The van der Waals surface area contributed by atoms with Crippen LogP contribution in [0.1, 0.15) is 50.3 Å². The highest BCUT2D eigenvalue weighted by atomic mass is 16.5. The van der Waals surface area contributed by atoms with Gasteiger partial charge in [0.15, 0.2) is 0 Å². The summed E-state index contributed by atoms with van der Waals surface area (Å²) in [6.45, 7) is 5.75. The van der Waals surface area contributed by atoms with Gasteiger partial charge < -0.3 is 9.64 Å². The van der Waals surface area contributed by atoms with E-state index < -0.39 is 0 Å². The fraction of sp³-hybridized carbons (Fsp3) is 0.375. The van der Waals surface area contributed by atoms with Crippen LogP contribution in [0.4, 0.5) is 5.69 Å². The van der Waals surface area contributed by atoms with Crippen LogP contribution in [-0.4, -0.2) is 26.7 Å². The van der Waals surface area contributed by atoms with Crippen LogP contribution in [-0.2, 0) is 11.2 Å². The molecule has 5 rings (SSSR count). The Morgan fingerprint density at radius 1 is 1.20 bits per heavy atom. The molecule has 0 spiro atoms. The summed E-state index contributed by atoms with van der Waals surface area (Å²) < 4.78 is 8.45. The highest BCUT2D eigenvalue weighted by Gasteiger charge is 2.31. The molecule has 0 N–H and O–H groups in total. The van der Waals surface area contributed by atoms with E-state index >= 15 is 0 Å². The normalized spacial score (nSPS) is 18.2. The Morgan fingerprint density at radius 3 is 2.77 bits per heavy atom. The third-order valence-corrected chi connectivity index (χ3v) is 6.02. The Hall–Kier alpha value is -3.15. The van der Waals surface area contributed by atoms with Gasteiger partial charge in [-0.1, -0.05) is 0 Å². The summed E-state index contributed by atoms with van der Waals surface area (Å²) in [5, 5.41) is 4.57. The summed E-state index contributed by atoms with van der Waals surface area (Å²) in [7, 11) is 0. The monoisotopic (exact) mass is 402 g/mol. The number of benzene rings is 1. The van der Waals surface area contributed by atoms with E-state index in [1.165, 1.54) is 12.8 Å². The quantitative estimate of drug-likeness (QED) is 0.611. The maximum atomic E-state index is 12.4. The Kier molecular flexibility index (Phi) is 4.57. The number of amides is 1. The molecule has 3 aromatic rings. The van der Waals surface area contributed by atoms with E-state index in [4.69, 9.17) is 4.74 Å². The zero-order valence-corrected chi connectivity index (χ0v) is 17.6. The lowest BCUT2D eigenvalue weighted by molar-refractivity contribution is -0.117. The number of aryl methyl sites for hydroxylation is 1. The summed E-state index contributed by atoms with van der Waals surface area (Å²) in [5.41, 5.74) is 5.10. The number of anilines is 1. The second kappa shape index (κ2) is 7.27. The molecule has 0 bridgehead atoms. The lowest BCUT2D eigenvalue weighted by atomic mass is 9.92.